The van der Waals surface area contributed by atoms with Crippen molar-refractivity contribution in [3.8, 4) is 11.5 Å². The lowest BCUT2D eigenvalue weighted by atomic mass is 10.2. The molecular weight excluding hydrogens is 381 g/mol. The molecular formula is C22H21Cl2NO2. The topological polar surface area (TPSA) is 30.5 Å². The van der Waals surface area contributed by atoms with Gasteiger partial charge in [-0.1, -0.05) is 65.7 Å². The van der Waals surface area contributed by atoms with Gasteiger partial charge in [-0.25, -0.2) is 0 Å². The molecule has 5 heteroatoms. The van der Waals surface area contributed by atoms with Gasteiger partial charge < -0.3 is 14.8 Å². The third kappa shape index (κ3) is 5.31. The normalized spacial score (nSPS) is 10.5. The van der Waals surface area contributed by atoms with Crippen molar-refractivity contribution in [1.82, 2.24) is 0 Å². The maximum absolute atomic E-state index is 6.49. The average molecular weight is 402 g/mol. The van der Waals surface area contributed by atoms with Gasteiger partial charge in [0.2, 0.25) is 0 Å². The standard InChI is InChI=1S/C22H21Cl2NO2/c1-2-26-21-13-17(14-25-20-11-7-6-10-18(20)23)12-19(24)22(21)27-15-16-8-4-3-5-9-16/h3-13,25H,2,14-15H2,1H3. The molecule has 0 aromatic heterocycles. The molecule has 0 amide bonds. The van der Waals surface area contributed by atoms with Crippen LogP contribution in [0.25, 0.3) is 0 Å². The van der Waals surface area contributed by atoms with E-state index in [-0.39, 0.29) is 0 Å². The fourth-order valence-electron chi connectivity index (χ4n) is 2.66. The molecule has 0 fully saturated rings. The summed E-state index contributed by atoms with van der Waals surface area (Å²) in [6, 6.07) is 21.4. The van der Waals surface area contributed by atoms with Gasteiger partial charge in [0.15, 0.2) is 11.5 Å². The second kappa shape index (κ2) is 9.54. The van der Waals surface area contributed by atoms with Crippen LogP contribution in [0.5, 0.6) is 11.5 Å². The molecule has 3 aromatic carbocycles. The minimum Gasteiger partial charge on any atom is -0.490 e. The fraction of sp³-hybridized carbons (Fsp3) is 0.182. The van der Waals surface area contributed by atoms with E-state index in [2.05, 4.69) is 5.32 Å². The predicted octanol–water partition coefficient (Wildman–Crippen LogP) is 6.58. The number of anilines is 1. The first-order valence-corrected chi connectivity index (χ1v) is 9.53. The summed E-state index contributed by atoms with van der Waals surface area (Å²) in [6.45, 7) is 3.46. The van der Waals surface area contributed by atoms with E-state index in [1.807, 2.05) is 73.7 Å². The first-order valence-electron chi connectivity index (χ1n) is 8.77. The van der Waals surface area contributed by atoms with Crippen molar-refractivity contribution in [2.24, 2.45) is 0 Å². The number of hydrogen-bond donors (Lipinski definition) is 1. The Morgan fingerprint density at radius 2 is 1.56 bits per heavy atom. The van der Waals surface area contributed by atoms with Crippen LogP contribution in [-0.2, 0) is 13.2 Å². The second-order valence-electron chi connectivity index (χ2n) is 5.95. The molecule has 0 saturated carbocycles. The molecule has 0 bridgehead atoms. The highest BCUT2D eigenvalue weighted by Gasteiger charge is 2.13. The molecule has 0 aliphatic rings. The maximum Gasteiger partial charge on any atom is 0.180 e. The summed E-state index contributed by atoms with van der Waals surface area (Å²) in [5.41, 5.74) is 2.92. The molecule has 0 spiro atoms. The summed E-state index contributed by atoms with van der Waals surface area (Å²) in [5, 5.41) is 4.51. The summed E-state index contributed by atoms with van der Waals surface area (Å²) in [7, 11) is 0. The first kappa shape index (κ1) is 19.4. The summed E-state index contributed by atoms with van der Waals surface area (Å²) in [5.74, 6) is 1.20. The van der Waals surface area contributed by atoms with E-state index >= 15 is 0 Å². The molecule has 3 aromatic rings. The highest BCUT2D eigenvalue weighted by molar-refractivity contribution is 6.33. The quantitative estimate of drug-likeness (QED) is 0.462. The van der Waals surface area contributed by atoms with Crippen LogP contribution in [0, 0.1) is 0 Å². The van der Waals surface area contributed by atoms with Gasteiger partial charge in [-0.05, 0) is 42.3 Å². The molecule has 0 atom stereocenters. The minimum absolute atomic E-state index is 0.428. The molecule has 27 heavy (non-hydrogen) atoms. The Balaban J connectivity index is 1.76. The predicted molar refractivity (Wildman–Crippen MR) is 112 cm³/mol. The number of para-hydroxylation sites is 1. The van der Waals surface area contributed by atoms with Crippen LogP contribution in [0.3, 0.4) is 0 Å². The lowest BCUT2D eigenvalue weighted by molar-refractivity contribution is 0.269. The Labute approximate surface area is 169 Å². The summed E-state index contributed by atoms with van der Waals surface area (Å²) in [4.78, 5) is 0. The lowest BCUT2D eigenvalue weighted by Gasteiger charge is -2.16. The molecule has 3 rings (SSSR count). The van der Waals surface area contributed by atoms with Crippen LogP contribution in [0.15, 0.2) is 66.7 Å². The molecule has 0 saturated heterocycles. The number of halogens is 2. The van der Waals surface area contributed by atoms with Gasteiger partial charge in [-0.2, -0.15) is 0 Å². The molecule has 3 nitrogen and oxygen atoms in total. The number of benzene rings is 3. The van der Waals surface area contributed by atoms with Crippen molar-refractivity contribution >= 4 is 28.9 Å². The Hall–Kier alpha value is -2.36. The summed E-state index contributed by atoms with van der Waals surface area (Å²) in [6.07, 6.45) is 0. The highest BCUT2D eigenvalue weighted by atomic mass is 35.5. The van der Waals surface area contributed by atoms with Crippen molar-refractivity contribution in [3.63, 3.8) is 0 Å². The van der Waals surface area contributed by atoms with Crippen molar-refractivity contribution in [3.05, 3.63) is 87.9 Å². The number of nitrogens with one attached hydrogen (secondary N) is 1. The van der Waals surface area contributed by atoms with Gasteiger partial charge in [0.1, 0.15) is 6.61 Å². The van der Waals surface area contributed by atoms with E-state index in [4.69, 9.17) is 32.7 Å². The third-order valence-corrected chi connectivity index (χ3v) is 4.56. The Morgan fingerprint density at radius 1 is 0.815 bits per heavy atom. The van der Waals surface area contributed by atoms with Gasteiger partial charge in [-0.3, -0.25) is 0 Å². The fourth-order valence-corrected chi connectivity index (χ4v) is 3.15. The van der Waals surface area contributed by atoms with E-state index in [9.17, 15) is 0 Å². The minimum atomic E-state index is 0.428. The number of rotatable bonds is 8. The largest absolute Gasteiger partial charge is 0.490 e. The zero-order chi connectivity index (χ0) is 19.1. The van der Waals surface area contributed by atoms with Gasteiger partial charge in [0.05, 0.1) is 22.3 Å². The molecule has 0 aliphatic heterocycles. The molecule has 140 valence electrons. The van der Waals surface area contributed by atoms with Gasteiger partial charge in [0, 0.05) is 6.54 Å². The number of hydrogen-bond acceptors (Lipinski definition) is 3. The average Bonchev–Trinajstić information content (AvgIpc) is 2.68. The van der Waals surface area contributed by atoms with Crippen LogP contribution in [0.1, 0.15) is 18.1 Å². The van der Waals surface area contributed by atoms with E-state index in [1.165, 1.54) is 0 Å². The molecule has 1 N–H and O–H groups in total. The van der Waals surface area contributed by atoms with Gasteiger partial charge >= 0.3 is 0 Å². The van der Waals surface area contributed by atoms with E-state index < -0.39 is 0 Å². The van der Waals surface area contributed by atoms with Crippen LogP contribution in [0.2, 0.25) is 10.0 Å². The molecule has 0 aliphatic carbocycles. The van der Waals surface area contributed by atoms with Gasteiger partial charge in [-0.15, -0.1) is 0 Å². The Kier molecular flexibility index (Phi) is 6.86. The van der Waals surface area contributed by atoms with E-state index in [0.29, 0.717) is 41.3 Å². The zero-order valence-electron chi connectivity index (χ0n) is 15.0. The molecule has 0 unspecified atom stereocenters. The third-order valence-electron chi connectivity index (χ3n) is 3.95. The Bertz CT molecular complexity index is 885. The smallest absolute Gasteiger partial charge is 0.180 e. The monoisotopic (exact) mass is 401 g/mol. The van der Waals surface area contributed by atoms with E-state index in [0.717, 1.165) is 16.8 Å². The van der Waals surface area contributed by atoms with Crippen molar-refractivity contribution in [2.45, 2.75) is 20.1 Å². The lowest BCUT2D eigenvalue weighted by Crippen LogP contribution is -2.04. The SMILES string of the molecule is CCOc1cc(CNc2ccccc2Cl)cc(Cl)c1OCc1ccccc1. The van der Waals surface area contributed by atoms with Gasteiger partial charge in [0.25, 0.3) is 0 Å². The van der Waals surface area contributed by atoms with Crippen molar-refractivity contribution < 1.29 is 9.47 Å². The van der Waals surface area contributed by atoms with Crippen molar-refractivity contribution in [1.29, 1.82) is 0 Å². The van der Waals surface area contributed by atoms with E-state index in [1.54, 1.807) is 0 Å². The first-order chi connectivity index (χ1) is 13.2. The zero-order valence-corrected chi connectivity index (χ0v) is 16.6. The molecule has 0 radical (unpaired) electrons. The van der Waals surface area contributed by atoms with Crippen LogP contribution in [-0.4, -0.2) is 6.61 Å². The highest BCUT2D eigenvalue weighted by Crippen LogP contribution is 2.37. The Morgan fingerprint density at radius 3 is 2.30 bits per heavy atom. The van der Waals surface area contributed by atoms with Crippen LogP contribution in [0.4, 0.5) is 5.69 Å². The van der Waals surface area contributed by atoms with Crippen LogP contribution < -0.4 is 14.8 Å². The summed E-state index contributed by atoms with van der Waals surface area (Å²) >= 11 is 12.7. The van der Waals surface area contributed by atoms with Crippen molar-refractivity contribution in [2.75, 3.05) is 11.9 Å². The number of ether oxygens (including phenoxy) is 2. The van der Waals surface area contributed by atoms with Crippen LogP contribution >= 0.6 is 23.2 Å². The second-order valence-corrected chi connectivity index (χ2v) is 6.76. The maximum atomic E-state index is 6.49. The summed E-state index contributed by atoms with van der Waals surface area (Å²) < 4.78 is 11.7. The molecule has 0 heterocycles.